The number of nitrogens with zero attached hydrogens (tertiary/aromatic N) is 1. The third-order valence-electron chi connectivity index (χ3n) is 4.10. The molecule has 1 unspecified atom stereocenters. The highest BCUT2D eigenvalue weighted by Crippen LogP contribution is 2.18. The van der Waals surface area contributed by atoms with Crippen LogP contribution in [0.2, 0.25) is 0 Å². The van der Waals surface area contributed by atoms with Crippen LogP contribution in [0.25, 0.3) is 0 Å². The Morgan fingerprint density at radius 2 is 1.52 bits per heavy atom. The monoisotopic (exact) mass is 398 g/mol. The summed E-state index contributed by atoms with van der Waals surface area (Å²) in [5.74, 6) is -0.114. The van der Waals surface area contributed by atoms with Gasteiger partial charge in [0.2, 0.25) is 5.91 Å². The lowest BCUT2D eigenvalue weighted by atomic mass is 10.1. The molecule has 3 rings (SSSR count). The highest BCUT2D eigenvalue weighted by Gasteiger charge is 2.19. The largest absolute Gasteiger partial charge is 0.349 e. The van der Waals surface area contributed by atoms with Gasteiger partial charge in [-0.15, -0.1) is 22.7 Å². The van der Waals surface area contributed by atoms with Crippen molar-refractivity contribution in [2.45, 2.75) is 32.5 Å². The number of carbonyl (C=O) groups excluding carboxylic acids is 2. The predicted molar refractivity (Wildman–Crippen MR) is 111 cm³/mol. The van der Waals surface area contributed by atoms with E-state index in [9.17, 15) is 9.59 Å². The SMILES string of the molecule is CC(CC(=O)N(Cc1cccs1)Cc1cccs1)NC(=O)c1ccccc1. The van der Waals surface area contributed by atoms with Gasteiger partial charge in [0.15, 0.2) is 0 Å². The minimum Gasteiger partial charge on any atom is -0.349 e. The Bertz CT molecular complexity index is 809. The fourth-order valence-corrected chi connectivity index (χ4v) is 4.19. The second-order valence-electron chi connectivity index (χ2n) is 6.35. The van der Waals surface area contributed by atoms with Gasteiger partial charge in [0.25, 0.3) is 5.91 Å². The molecule has 0 aliphatic carbocycles. The second kappa shape index (κ2) is 9.48. The number of rotatable bonds is 8. The van der Waals surface area contributed by atoms with Crippen molar-refractivity contribution < 1.29 is 9.59 Å². The maximum atomic E-state index is 12.9. The molecule has 3 aromatic rings. The molecule has 0 saturated carbocycles. The zero-order valence-corrected chi connectivity index (χ0v) is 16.8. The molecular formula is C21H22N2O2S2. The topological polar surface area (TPSA) is 49.4 Å². The molecule has 2 heterocycles. The quantitative estimate of drug-likeness (QED) is 0.605. The summed E-state index contributed by atoms with van der Waals surface area (Å²) in [6.07, 6.45) is 0.273. The average Bonchev–Trinajstić information content (AvgIpc) is 3.36. The lowest BCUT2D eigenvalue weighted by molar-refractivity contribution is -0.132. The third-order valence-corrected chi connectivity index (χ3v) is 5.82. The van der Waals surface area contributed by atoms with Crippen LogP contribution in [0.5, 0.6) is 0 Å². The fraction of sp³-hybridized carbons (Fsp3) is 0.238. The van der Waals surface area contributed by atoms with Crippen LogP contribution in [0.3, 0.4) is 0 Å². The van der Waals surface area contributed by atoms with Gasteiger partial charge in [0, 0.05) is 27.8 Å². The Labute approximate surface area is 167 Å². The zero-order chi connectivity index (χ0) is 19.1. The lowest BCUT2D eigenvalue weighted by Gasteiger charge is -2.24. The summed E-state index contributed by atoms with van der Waals surface area (Å²) < 4.78 is 0. The Morgan fingerprint density at radius 3 is 2.04 bits per heavy atom. The van der Waals surface area contributed by atoms with E-state index < -0.39 is 0 Å². The zero-order valence-electron chi connectivity index (χ0n) is 15.1. The number of hydrogen-bond donors (Lipinski definition) is 1. The molecule has 0 bridgehead atoms. The van der Waals surface area contributed by atoms with E-state index in [4.69, 9.17) is 0 Å². The molecule has 1 aromatic carbocycles. The first-order chi connectivity index (χ1) is 13.1. The lowest BCUT2D eigenvalue weighted by Crippen LogP contribution is -2.38. The number of amides is 2. The van der Waals surface area contributed by atoms with E-state index in [0.717, 1.165) is 9.75 Å². The number of thiophene rings is 2. The Kier molecular flexibility index (Phi) is 6.79. The minimum atomic E-state index is -0.237. The highest BCUT2D eigenvalue weighted by atomic mass is 32.1. The van der Waals surface area contributed by atoms with Crippen LogP contribution in [0.15, 0.2) is 65.4 Å². The summed E-state index contributed by atoms with van der Waals surface area (Å²) >= 11 is 3.30. The summed E-state index contributed by atoms with van der Waals surface area (Å²) in [5.41, 5.74) is 0.603. The van der Waals surface area contributed by atoms with E-state index in [2.05, 4.69) is 5.32 Å². The van der Waals surface area contributed by atoms with Crippen LogP contribution in [0, 0.1) is 0 Å². The second-order valence-corrected chi connectivity index (χ2v) is 8.42. The van der Waals surface area contributed by atoms with Gasteiger partial charge in [0.1, 0.15) is 0 Å². The maximum Gasteiger partial charge on any atom is 0.251 e. The van der Waals surface area contributed by atoms with Crippen molar-refractivity contribution >= 4 is 34.5 Å². The van der Waals surface area contributed by atoms with Gasteiger partial charge in [-0.1, -0.05) is 30.3 Å². The average molecular weight is 399 g/mol. The molecule has 0 fully saturated rings. The van der Waals surface area contributed by atoms with Crippen molar-refractivity contribution in [1.29, 1.82) is 0 Å². The fourth-order valence-electron chi connectivity index (χ4n) is 2.75. The Morgan fingerprint density at radius 1 is 0.926 bits per heavy atom. The molecule has 1 atom stereocenters. The molecule has 1 N–H and O–H groups in total. The van der Waals surface area contributed by atoms with Crippen molar-refractivity contribution in [3.05, 3.63) is 80.7 Å². The van der Waals surface area contributed by atoms with Crippen LogP contribution in [-0.2, 0) is 17.9 Å². The predicted octanol–water partition coefficient (Wildman–Crippen LogP) is 4.55. The summed E-state index contributed by atoms with van der Waals surface area (Å²) in [6, 6.07) is 16.9. The van der Waals surface area contributed by atoms with Gasteiger partial charge >= 0.3 is 0 Å². The molecule has 0 radical (unpaired) electrons. The third kappa shape index (κ3) is 5.77. The number of nitrogens with one attached hydrogen (secondary N) is 1. The van der Waals surface area contributed by atoms with E-state index in [1.807, 2.05) is 65.0 Å². The Balaban J connectivity index is 1.61. The number of benzene rings is 1. The van der Waals surface area contributed by atoms with Crippen molar-refractivity contribution in [3.63, 3.8) is 0 Å². The van der Waals surface area contributed by atoms with Gasteiger partial charge in [-0.2, -0.15) is 0 Å². The molecule has 4 nitrogen and oxygen atoms in total. The molecule has 27 heavy (non-hydrogen) atoms. The summed E-state index contributed by atoms with van der Waals surface area (Å²) in [4.78, 5) is 29.4. The van der Waals surface area contributed by atoms with Crippen molar-refractivity contribution in [1.82, 2.24) is 10.2 Å². The molecule has 2 amide bonds. The normalized spacial score (nSPS) is 11.7. The van der Waals surface area contributed by atoms with Crippen molar-refractivity contribution in [3.8, 4) is 0 Å². The first kappa shape index (κ1) is 19.3. The van der Waals surface area contributed by atoms with E-state index in [1.54, 1.807) is 34.8 Å². The molecule has 0 spiro atoms. The van der Waals surface area contributed by atoms with Crippen LogP contribution < -0.4 is 5.32 Å². The minimum absolute atomic E-state index is 0.0395. The first-order valence-corrected chi connectivity index (χ1v) is 10.6. The van der Waals surface area contributed by atoms with E-state index in [0.29, 0.717) is 18.7 Å². The summed E-state index contributed by atoms with van der Waals surface area (Å²) in [5, 5.41) is 6.96. The van der Waals surface area contributed by atoms with Crippen molar-refractivity contribution in [2.75, 3.05) is 0 Å². The number of hydrogen-bond acceptors (Lipinski definition) is 4. The smallest absolute Gasteiger partial charge is 0.251 e. The van der Waals surface area contributed by atoms with Gasteiger partial charge in [-0.3, -0.25) is 9.59 Å². The molecule has 2 aromatic heterocycles. The van der Waals surface area contributed by atoms with Crippen LogP contribution in [0.1, 0.15) is 33.5 Å². The maximum absolute atomic E-state index is 12.9. The van der Waals surface area contributed by atoms with E-state index >= 15 is 0 Å². The van der Waals surface area contributed by atoms with Gasteiger partial charge in [-0.25, -0.2) is 0 Å². The van der Waals surface area contributed by atoms with Gasteiger partial charge in [0.05, 0.1) is 13.1 Å². The summed E-state index contributed by atoms with van der Waals surface area (Å²) in [7, 11) is 0. The molecule has 6 heteroatoms. The molecular weight excluding hydrogens is 376 g/mol. The molecule has 0 saturated heterocycles. The van der Waals surface area contributed by atoms with Crippen LogP contribution in [-0.4, -0.2) is 22.8 Å². The molecule has 140 valence electrons. The van der Waals surface area contributed by atoms with Crippen LogP contribution >= 0.6 is 22.7 Å². The van der Waals surface area contributed by atoms with Crippen LogP contribution in [0.4, 0.5) is 0 Å². The van der Waals surface area contributed by atoms with Gasteiger partial charge in [-0.05, 0) is 41.9 Å². The van der Waals surface area contributed by atoms with E-state index in [-0.39, 0.29) is 24.3 Å². The molecule has 0 aliphatic heterocycles. The Hall–Kier alpha value is -2.44. The number of carbonyl (C=O) groups is 2. The van der Waals surface area contributed by atoms with Crippen molar-refractivity contribution in [2.24, 2.45) is 0 Å². The molecule has 0 aliphatic rings. The standard InChI is InChI=1S/C21H22N2O2S2/c1-16(22-21(25)17-7-3-2-4-8-17)13-20(24)23(14-18-9-5-11-26-18)15-19-10-6-12-27-19/h2-12,16H,13-15H2,1H3,(H,22,25). The summed E-state index contributed by atoms with van der Waals surface area (Å²) in [6.45, 7) is 3.05. The van der Waals surface area contributed by atoms with E-state index in [1.165, 1.54) is 0 Å². The first-order valence-electron chi connectivity index (χ1n) is 8.80. The van der Waals surface area contributed by atoms with Gasteiger partial charge < -0.3 is 10.2 Å². The highest BCUT2D eigenvalue weighted by molar-refractivity contribution is 7.10.